The lowest BCUT2D eigenvalue weighted by Crippen LogP contribution is -2.57. The van der Waals surface area contributed by atoms with Gasteiger partial charge in [-0.15, -0.1) is 11.3 Å². The fraction of sp³-hybridized carbons (Fsp3) is 0.500. The van der Waals surface area contributed by atoms with Crippen LogP contribution in [0.5, 0.6) is 11.5 Å². The number of hydrogen-bond acceptors (Lipinski definition) is 6. The molecule has 2 saturated heterocycles. The van der Waals surface area contributed by atoms with Crippen molar-refractivity contribution in [2.75, 3.05) is 26.4 Å². The lowest BCUT2D eigenvalue weighted by Gasteiger charge is -2.40. The molecule has 1 N–H and O–H groups in total. The van der Waals surface area contributed by atoms with Crippen LogP contribution >= 0.6 is 11.3 Å². The van der Waals surface area contributed by atoms with Crippen molar-refractivity contribution in [1.82, 2.24) is 15.1 Å². The number of thiophene rings is 1. The zero-order valence-electron chi connectivity index (χ0n) is 19.9. The highest BCUT2D eigenvalue weighted by Crippen LogP contribution is 2.33. The molecule has 1 aromatic carbocycles. The largest absolute Gasteiger partial charge is 0.454 e. The maximum atomic E-state index is 13.7. The summed E-state index contributed by atoms with van der Waals surface area (Å²) in [5, 5.41) is 4.92. The molecule has 3 amide bonds. The molecule has 186 valence electrons. The average Bonchev–Trinajstić information content (AvgIpc) is 3.59. The van der Waals surface area contributed by atoms with E-state index in [1.54, 1.807) is 24.3 Å². The fourth-order valence-electron chi connectivity index (χ4n) is 5.25. The Morgan fingerprint density at radius 1 is 1.03 bits per heavy atom. The van der Waals surface area contributed by atoms with E-state index in [1.807, 2.05) is 21.2 Å². The van der Waals surface area contributed by atoms with Crippen molar-refractivity contribution in [2.24, 2.45) is 5.92 Å². The Bertz CT molecular complexity index is 1080. The zero-order chi connectivity index (χ0) is 24.4. The third kappa shape index (κ3) is 5.00. The van der Waals surface area contributed by atoms with Gasteiger partial charge in [-0.3, -0.25) is 14.4 Å². The highest BCUT2D eigenvalue weighted by molar-refractivity contribution is 7.12. The zero-order valence-corrected chi connectivity index (χ0v) is 20.7. The summed E-state index contributed by atoms with van der Waals surface area (Å²) in [6.45, 7) is 4.05. The number of carbonyl (C=O) groups excluding carboxylic acids is 3. The maximum absolute atomic E-state index is 13.7. The first-order valence-electron chi connectivity index (χ1n) is 12.3. The smallest absolute Gasteiger partial charge is 0.262 e. The van der Waals surface area contributed by atoms with Crippen molar-refractivity contribution in [3.63, 3.8) is 0 Å². The van der Waals surface area contributed by atoms with Gasteiger partial charge in [0.2, 0.25) is 12.7 Å². The number of nitrogens with one attached hydrogen (secondary N) is 1. The van der Waals surface area contributed by atoms with Crippen molar-refractivity contribution in [1.29, 1.82) is 0 Å². The molecule has 0 spiro atoms. The molecular weight excluding hydrogens is 466 g/mol. The van der Waals surface area contributed by atoms with Crippen molar-refractivity contribution in [2.45, 2.75) is 51.1 Å². The molecule has 2 unspecified atom stereocenters. The van der Waals surface area contributed by atoms with Crippen molar-refractivity contribution in [3.8, 4) is 11.5 Å². The Morgan fingerprint density at radius 2 is 1.83 bits per heavy atom. The standard InChI is InChI=1S/C26H31N3O5S/c1-17-5-2-3-11-29(17)26(32)23(27-24(30)22-6-4-14-35-22)18-9-12-28(13-10-18)25(31)19-7-8-20-21(15-19)34-16-33-20/h4,6-8,14-15,17-18,23H,2-3,5,9-13,16H2,1H3,(H,27,30). The summed E-state index contributed by atoms with van der Waals surface area (Å²) >= 11 is 1.37. The van der Waals surface area contributed by atoms with Crippen LogP contribution < -0.4 is 14.8 Å². The minimum absolute atomic E-state index is 0.00246. The van der Waals surface area contributed by atoms with E-state index < -0.39 is 6.04 Å². The van der Waals surface area contributed by atoms with E-state index in [0.29, 0.717) is 47.9 Å². The van der Waals surface area contributed by atoms with Crippen LogP contribution in [0.4, 0.5) is 0 Å². The Labute approximate surface area is 209 Å². The highest BCUT2D eigenvalue weighted by atomic mass is 32.1. The summed E-state index contributed by atoms with van der Waals surface area (Å²) in [6, 6.07) is 8.44. The van der Waals surface area contributed by atoms with Gasteiger partial charge in [-0.25, -0.2) is 0 Å². The monoisotopic (exact) mass is 497 g/mol. The number of fused-ring (bicyclic) bond motifs is 1. The van der Waals surface area contributed by atoms with Crippen LogP contribution in [0.2, 0.25) is 0 Å². The summed E-state index contributed by atoms with van der Waals surface area (Å²) in [7, 11) is 0. The van der Waals surface area contributed by atoms with Gasteiger partial charge in [0.1, 0.15) is 6.04 Å². The molecule has 35 heavy (non-hydrogen) atoms. The average molecular weight is 498 g/mol. The van der Waals surface area contributed by atoms with Gasteiger partial charge in [0.05, 0.1) is 4.88 Å². The lowest BCUT2D eigenvalue weighted by atomic mass is 9.87. The molecule has 0 radical (unpaired) electrons. The molecule has 3 aliphatic rings. The number of benzene rings is 1. The fourth-order valence-corrected chi connectivity index (χ4v) is 5.88. The summed E-state index contributed by atoms with van der Waals surface area (Å²) < 4.78 is 10.8. The Morgan fingerprint density at radius 3 is 2.57 bits per heavy atom. The number of piperidine rings is 2. The molecule has 0 aliphatic carbocycles. The summed E-state index contributed by atoms with van der Waals surface area (Å²) in [5.41, 5.74) is 0.563. The van der Waals surface area contributed by atoms with E-state index in [0.717, 1.165) is 25.8 Å². The van der Waals surface area contributed by atoms with Gasteiger partial charge >= 0.3 is 0 Å². The molecule has 9 heteroatoms. The molecule has 3 aliphatic heterocycles. The second-order valence-electron chi connectivity index (χ2n) is 9.50. The van der Waals surface area contributed by atoms with E-state index in [1.165, 1.54) is 11.3 Å². The first-order chi connectivity index (χ1) is 17.0. The van der Waals surface area contributed by atoms with Gasteiger partial charge in [0.25, 0.3) is 11.8 Å². The second kappa shape index (κ2) is 10.3. The number of carbonyl (C=O) groups is 3. The SMILES string of the molecule is CC1CCCCN1C(=O)C(NC(=O)c1cccs1)C1CCN(C(=O)c2ccc3c(c2)OCO3)CC1. The first kappa shape index (κ1) is 23.7. The van der Waals surface area contributed by atoms with Crippen LogP contribution in [0.3, 0.4) is 0 Å². The highest BCUT2D eigenvalue weighted by Gasteiger charge is 2.38. The predicted octanol–water partition coefficient (Wildman–Crippen LogP) is 3.53. The van der Waals surface area contributed by atoms with E-state index in [9.17, 15) is 14.4 Å². The van der Waals surface area contributed by atoms with Crippen LogP contribution in [0.15, 0.2) is 35.7 Å². The van der Waals surface area contributed by atoms with Crippen LogP contribution in [0.1, 0.15) is 59.1 Å². The first-order valence-corrected chi connectivity index (χ1v) is 13.2. The normalized spacial score (nSPS) is 21.0. The maximum Gasteiger partial charge on any atom is 0.262 e. The predicted molar refractivity (Wildman–Crippen MR) is 132 cm³/mol. The van der Waals surface area contributed by atoms with Crippen molar-refractivity contribution < 1.29 is 23.9 Å². The third-order valence-corrected chi connectivity index (χ3v) is 8.17. The molecule has 0 saturated carbocycles. The van der Waals surface area contributed by atoms with Crippen LogP contribution in [-0.2, 0) is 4.79 Å². The molecule has 0 bridgehead atoms. The second-order valence-corrected chi connectivity index (χ2v) is 10.5. The molecule has 2 atom stereocenters. The number of nitrogens with zero attached hydrogens (tertiary/aromatic N) is 2. The van der Waals surface area contributed by atoms with Gasteiger partial charge < -0.3 is 24.6 Å². The molecule has 2 aromatic rings. The molecule has 2 fully saturated rings. The van der Waals surface area contributed by atoms with Gasteiger partial charge in [0, 0.05) is 31.2 Å². The van der Waals surface area contributed by atoms with E-state index in [2.05, 4.69) is 12.2 Å². The topological polar surface area (TPSA) is 88.2 Å². The third-order valence-electron chi connectivity index (χ3n) is 7.30. The van der Waals surface area contributed by atoms with Gasteiger partial charge in [-0.05, 0) is 74.6 Å². The summed E-state index contributed by atoms with van der Waals surface area (Å²) in [6.07, 6.45) is 4.40. The molecule has 5 rings (SSSR count). The number of likely N-dealkylation sites (tertiary alicyclic amines) is 2. The van der Waals surface area contributed by atoms with Gasteiger partial charge in [-0.2, -0.15) is 0 Å². The van der Waals surface area contributed by atoms with Gasteiger partial charge in [0.15, 0.2) is 11.5 Å². The lowest BCUT2D eigenvalue weighted by molar-refractivity contribution is -0.138. The Kier molecular flexibility index (Phi) is 6.95. The molecule has 8 nitrogen and oxygen atoms in total. The van der Waals surface area contributed by atoms with Crippen LogP contribution in [-0.4, -0.2) is 66.0 Å². The minimum atomic E-state index is -0.590. The Hall–Kier alpha value is -3.07. The number of ether oxygens (including phenoxy) is 2. The molecule has 1 aromatic heterocycles. The quantitative estimate of drug-likeness (QED) is 0.683. The van der Waals surface area contributed by atoms with E-state index in [4.69, 9.17) is 9.47 Å². The van der Waals surface area contributed by atoms with Gasteiger partial charge in [-0.1, -0.05) is 6.07 Å². The minimum Gasteiger partial charge on any atom is -0.454 e. The molecule has 4 heterocycles. The van der Waals surface area contributed by atoms with Crippen LogP contribution in [0.25, 0.3) is 0 Å². The molecular formula is C26H31N3O5S. The van der Waals surface area contributed by atoms with E-state index in [-0.39, 0.29) is 36.5 Å². The Balaban J connectivity index is 1.28. The van der Waals surface area contributed by atoms with Crippen molar-refractivity contribution in [3.05, 3.63) is 46.2 Å². The summed E-state index contributed by atoms with van der Waals surface area (Å²) in [4.78, 5) is 44.1. The van der Waals surface area contributed by atoms with Crippen molar-refractivity contribution >= 4 is 29.1 Å². The number of amides is 3. The summed E-state index contributed by atoms with van der Waals surface area (Å²) in [5.74, 6) is 0.946. The van der Waals surface area contributed by atoms with Crippen LogP contribution in [0, 0.1) is 5.92 Å². The van der Waals surface area contributed by atoms with E-state index >= 15 is 0 Å². The number of hydrogen-bond donors (Lipinski definition) is 1. The number of rotatable bonds is 5.